The molecule has 9 nitrogen and oxygen atoms in total. The molecule has 3 aromatic heterocycles. The number of anilines is 1. The van der Waals surface area contributed by atoms with Crippen LogP contribution in [-0.2, 0) is 6.18 Å². The molecule has 0 saturated carbocycles. The number of aromatic nitrogens is 5. The molecule has 5 aromatic rings. The van der Waals surface area contributed by atoms with Gasteiger partial charge in [0.15, 0.2) is 5.52 Å². The highest BCUT2D eigenvalue weighted by atomic mass is 19.4. The van der Waals surface area contributed by atoms with Crippen LogP contribution in [0, 0.1) is 0 Å². The van der Waals surface area contributed by atoms with Crippen molar-refractivity contribution in [1.29, 1.82) is 0 Å². The third kappa shape index (κ3) is 4.56. The Hall–Kier alpha value is -4.45. The van der Waals surface area contributed by atoms with Gasteiger partial charge in [-0.3, -0.25) is 4.79 Å². The lowest BCUT2D eigenvalue weighted by molar-refractivity contribution is -0.137. The zero-order chi connectivity index (χ0) is 27.1. The number of hydrogen-bond donors (Lipinski definition) is 2. The fourth-order valence-electron chi connectivity index (χ4n) is 4.92. The van der Waals surface area contributed by atoms with Gasteiger partial charge >= 0.3 is 6.18 Å². The molecule has 2 aromatic carbocycles. The molecular formula is C27H24F3N7O2. The summed E-state index contributed by atoms with van der Waals surface area (Å²) in [4.78, 5) is 21.6. The molecular weight excluding hydrogens is 511 g/mol. The quantitative estimate of drug-likeness (QED) is 0.349. The minimum atomic E-state index is -4.58. The number of alkyl halides is 3. The van der Waals surface area contributed by atoms with Crippen molar-refractivity contribution in [3.63, 3.8) is 0 Å². The average molecular weight is 536 g/mol. The Balaban J connectivity index is 1.51. The number of ether oxygens (including phenoxy) is 1. The normalized spacial score (nSPS) is 14.3. The SMILES string of the molecule is CCOc1ccc(-c2ccc3[nH]c(=O)c4nnn(-c5ccc(N6CCNCC6)c(C(F)(F)F)c5)c4c3c2)cn1. The Kier molecular flexibility index (Phi) is 6.18. The van der Waals surface area contributed by atoms with Crippen molar-refractivity contribution < 1.29 is 17.9 Å². The smallest absolute Gasteiger partial charge is 0.418 e. The van der Waals surface area contributed by atoms with E-state index in [0.29, 0.717) is 55.1 Å². The molecule has 1 fully saturated rings. The summed E-state index contributed by atoms with van der Waals surface area (Å²) < 4.78 is 49.4. The summed E-state index contributed by atoms with van der Waals surface area (Å²) in [5.41, 5.74) is 1.49. The largest absolute Gasteiger partial charge is 0.478 e. The summed E-state index contributed by atoms with van der Waals surface area (Å²) in [7, 11) is 0. The van der Waals surface area contributed by atoms with Gasteiger partial charge in [0.05, 0.1) is 23.4 Å². The van der Waals surface area contributed by atoms with Gasteiger partial charge in [-0.05, 0) is 48.9 Å². The molecule has 12 heteroatoms. The average Bonchev–Trinajstić information content (AvgIpc) is 3.40. The second-order valence-electron chi connectivity index (χ2n) is 9.17. The molecule has 0 bridgehead atoms. The number of pyridine rings is 2. The van der Waals surface area contributed by atoms with Crippen LogP contribution in [-0.4, -0.2) is 57.7 Å². The van der Waals surface area contributed by atoms with Crippen LogP contribution in [0.4, 0.5) is 18.9 Å². The van der Waals surface area contributed by atoms with Crippen molar-refractivity contribution in [2.75, 3.05) is 37.7 Å². The number of hydrogen-bond acceptors (Lipinski definition) is 7. The molecule has 0 spiro atoms. The van der Waals surface area contributed by atoms with Crippen LogP contribution in [0.25, 0.3) is 38.8 Å². The molecule has 0 atom stereocenters. The third-order valence-corrected chi connectivity index (χ3v) is 6.76. The molecule has 6 rings (SSSR count). The van der Waals surface area contributed by atoms with Crippen molar-refractivity contribution in [1.82, 2.24) is 30.3 Å². The predicted octanol–water partition coefficient (Wildman–Crippen LogP) is 4.15. The molecule has 39 heavy (non-hydrogen) atoms. The van der Waals surface area contributed by atoms with Crippen molar-refractivity contribution >= 4 is 27.6 Å². The number of aromatic amines is 1. The molecule has 0 aliphatic carbocycles. The first-order valence-electron chi connectivity index (χ1n) is 12.5. The zero-order valence-electron chi connectivity index (χ0n) is 20.9. The minimum absolute atomic E-state index is 0.0317. The number of H-pyrrole nitrogens is 1. The van der Waals surface area contributed by atoms with Crippen LogP contribution in [0.5, 0.6) is 5.88 Å². The van der Waals surface area contributed by atoms with Crippen LogP contribution in [0.15, 0.2) is 59.5 Å². The minimum Gasteiger partial charge on any atom is -0.478 e. The predicted molar refractivity (Wildman–Crippen MR) is 141 cm³/mol. The Bertz CT molecular complexity index is 1720. The van der Waals surface area contributed by atoms with E-state index in [1.54, 1.807) is 29.3 Å². The summed E-state index contributed by atoms with van der Waals surface area (Å²) in [6.07, 6.45) is -2.91. The molecule has 2 N–H and O–H groups in total. The maximum absolute atomic E-state index is 14.2. The maximum Gasteiger partial charge on any atom is 0.418 e. The lowest BCUT2D eigenvalue weighted by Gasteiger charge is -2.31. The van der Waals surface area contributed by atoms with E-state index in [-0.39, 0.29) is 16.9 Å². The molecule has 0 unspecified atom stereocenters. The van der Waals surface area contributed by atoms with E-state index < -0.39 is 17.3 Å². The van der Waals surface area contributed by atoms with Crippen LogP contribution in [0.1, 0.15) is 12.5 Å². The number of nitrogens with one attached hydrogen (secondary N) is 2. The van der Waals surface area contributed by atoms with Gasteiger partial charge in [0.2, 0.25) is 5.88 Å². The van der Waals surface area contributed by atoms with Gasteiger partial charge in [-0.1, -0.05) is 11.3 Å². The van der Waals surface area contributed by atoms with E-state index in [4.69, 9.17) is 4.74 Å². The van der Waals surface area contributed by atoms with E-state index in [2.05, 4.69) is 25.6 Å². The van der Waals surface area contributed by atoms with E-state index in [1.165, 1.54) is 10.7 Å². The summed E-state index contributed by atoms with van der Waals surface area (Å²) in [5, 5.41) is 11.9. The fraction of sp³-hybridized carbons (Fsp3) is 0.259. The summed E-state index contributed by atoms with van der Waals surface area (Å²) in [6.45, 7) is 4.52. The molecule has 200 valence electrons. The van der Waals surface area contributed by atoms with Crippen LogP contribution < -0.4 is 20.5 Å². The van der Waals surface area contributed by atoms with Crippen molar-refractivity contribution in [2.24, 2.45) is 0 Å². The highest BCUT2D eigenvalue weighted by molar-refractivity contribution is 6.04. The van der Waals surface area contributed by atoms with Gasteiger partial charge in [-0.25, -0.2) is 9.67 Å². The number of benzene rings is 2. The number of nitrogens with zero attached hydrogens (tertiary/aromatic N) is 5. The number of fused-ring (bicyclic) bond motifs is 3. The fourth-order valence-corrected chi connectivity index (χ4v) is 4.92. The second kappa shape index (κ2) is 9.70. The first-order valence-corrected chi connectivity index (χ1v) is 12.5. The van der Waals surface area contributed by atoms with Gasteiger partial charge in [-0.2, -0.15) is 13.2 Å². The van der Waals surface area contributed by atoms with Gasteiger partial charge in [-0.15, -0.1) is 5.10 Å². The third-order valence-electron chi connectivity index (χ3n) is 6.76. The maximum atomic E-state index is 14.2. The lowest BCUT2D eigenvalue weighted by Crippen LogP contribution is -2.44. The number of piperazine rings is 1. The first-order chi connectivity index (χ1) is 18.8. The highest BCUT2D eigenvalue weighted by Gasteiger charge is 2.36. The highest BCUT2D eigenvalue weighted by Crippen LogP contribution is 2.38. The number of rotatable bonds is 5. The first kappa shape index (κ1) is 24.9. The van der Waals surface area contributed by atoms with Crippen LogP contribution in [0.2, 0.25) is 0 Å². The lowest BCUT2D eigenvalue weighted by atomic mass is 10.0. The van der Waals surface area contributed by atoms with Gasteiger partial charge < -0.3 is 19.9 Å². The van der Waals surface area contributed by atoms with E-state index in [1.807, 2.05) is 25.1 Å². The number of halogens is 3. The van der Waals surface area contributed by atoms with Crippen LogP contribution >= 0.6 is 0 Å². The van der Waals surface area contributed by atoms with E-state index in [0.717, 1.165) is 17.2 Å². The van der Waals surface area contributed by atoms with Gasteiger partial charge in [0.1, 0.15) is 5.52 Å². The molecule has 0 radical (unpaired) electrons. The Morgan fingerprint density at radius 2 is 1.82 bits per heavy atom. The Morgan fingerprint density at radius 1 is 1.03 bits per heavy atom. The Labute approximate surface area is 220 Å². The second-order valence-corrected chi connectivity index (χ2v) is 9.17. The monoisotopic (exact) mass is 535 g/mol. The summed E-state index contributed by atoms with van der Waals surface area (Å²) in [5.74, 6) is 0.501. The van der Waals surface area contributed by atoms with E-state index >= 15 is 0 Å². The molecule has 1 aliphatic rings. The van der Waals surface area contributed by atoms with Gasteiger partial charge in [0, 0.05) is 55.1 Å². The van der Waals surface area contributed by atoms with Gasteiger partial charge in [0.25, 0.3) is 5.56 Å². The van der Waals surface area contributed by atoms with Crippen molar-refractivity contribution in [2.45, 2.75) is 13.1 Å². The molecule has 1 aliphatic heterocycles. The van der Waals surface area contributed by atoms with Crippen molar-refractivity contribution in [3.05, 3.63) is 70.6 Å². The summed E-state index contributed by atoms with van der Waals surface area (Å²) >= 11 is 0. The van der Waals surface area contributed by atoms with Crippen LogP contribution in [0.3, 0.4) is 0 Å². The zero-order valence-corrected chi connectivity index (χ0v) is 20.9. The molecule has 1 saturated heterocycles. The van der Waals surface area contributed by atoms with E-state index in [9.17, 15) is 18.0 Å². The Morgan fingerprint density at radius 3 is 2.54 bits per heavy atom. The standard InChI is InChI=1S/C27H24F3N7O2/c1-2-39-23-8-4-17(15-32-23)16-3-6-21-19(13-16)25-24(26(38)33-21)34-35-37(25)18-5-7-22(20(14-18)27(28,29)30)36-11-9-31-10-12-36/h3-8,13-15,31H,2,9-12H2,1H3,(H,33,38). The summed E-state index contributed by atoms with van der Waals surface area (Å²) in [6, 6.07) is 13.1. The molecule has 4 heterocycles. The topological polar surface area (TPSA) is 101 Å². The molecule has 0 amide bonds. The van der Waals surface area contributed by atoms with Crippen molar-refractivity contribution in [3.8, 4) is 22.7 Å².